The van der Waals surface area contributed by atoms with Crippen LogP contribution < -0.4 is 20.1 Å². The number of aromatic nitrogens is 3. The highest BCUT2D eigenvalue weighted by Crippen LogP contribution is 2.38. The number of methoxy groups -OCH3 is 1. The Balaban J connectivity index is 1.42. The molecular weight excluding hydrogens is 522 g/mol. The summed E-state index contributed by atoms with van der Waals surface area (Å²) in [6.45, 7) is 4.59. The van der Waals surface area contributed by atoms with Crippen molar-refractivity contribution < 1.29 is 14.3 Å². The number of amides is 1. The standard InChI is InChI=1S/C31H33N5O3S/c1-4-20-40-31-34-30-32-21(2)27(29(37)33-25-12-8-9-13-26(25)38-3)28(36(30)35-31)23-14-16-24(17-15-23)39-19-18-22-10-6-5-7-11-22/h5-17,28H,4,18-20H2,1-3H3,(H,33,37)(H,32,34,35). The third-order valence-electron chi connectivity index (χ3n) is 6.57. The number of hydrogen-bond acceptors (Lipinski definition) is 7. The van der Waals surface area contributed by atoms with Crippen LogP contribution in [0, 0.1) is 0 Å². The van der Waals surface area contributed by atoms with E-state index < -0.39 is 6.04 Å². The monoisotopic (exact) mass is 555 g/mol. The summed E-state index contributed by atoms with van der Waals surface area (Å²) in [5, 5.41) is 11.8. The quantitative estimate of drug-likeness (QED) is 0.209. The molecule has 2 N–H and O–H groups in total. The average Bonchev–Trinajstić information content (AvgIpc) is 3.39. The molecule has 40 heavy (non-hydrogen) atoms. The zero-order chi connectivity index (χ0) is 27.9. The summed E-state index contributed by atoms with van der Waals surface area (Å²) in [4.78, 5) is 18.5. The molecule has 2 heterocycles. The Hall–Kier alpha value is -4.24. The first-order valence-electron chi connectivity index (χ1n) is 13.4. The Labute approximate surface area is 238 Å². The molecule has 3 aromatic carbocycles. The number of rotatable bonds is 11. The van der Waals surface area contributed by atoms with Crippen LogP contribution in [0.3, 0.4) is 0 Å². The van der Waals surface area contributed by atoms with Crippen LogP contribution in [-0.4, -0.2) is 40.1 Å². The topological polar surface area (TPSA) is 90.3 Å². The first-order chi connectivity index (χ1) is 19.6. The highest BCUT2D eigenvalue weighted by Gasteiger charge is 2.34. The lowest BCUT2D eigenvalue weighted by atomic mass is 9.95. The molecule has 1 aliphatic heterocycles. The number of carbonyl (C=O) groups excluding carboxylic acids is 1. The van der Waals surface area contributed by atoms with Crippen LogP contribution in [0.15, 0.2) is 95.3 Å². The molecule has 0 saturated heterocycles. The van der Waals surface area contributed by atoms with Gasteiger partial charge in [0.25, 0.3) is 5.91 Å². The van der Waals surface area contributed by atoms with Gasteiger partial charge in [-0.2, -0.15) is 4.98 Å². The minimum absolute atomic E-state index is 0.244. The summed E-state index contributed by atoms with van der Waals surface area (Å²) in [6, 6.07) is 25.0. The predicted octanol–water partition coefficient (Wildman–Crippen LogP) is 6.34. The Morgan fingerprint density at radius 3 is 2.55 bits per heavy atom. The number of ether oxygens (including phenoxy) is 2. The summed E-state index contributed by atoms with van der Waals surface area (Å²) in [5.74, 6) is 2.64. The van der Waals surface area contributed by atoms with E-state index in [1.165, 1.54) is 5.56 Å². The maximum Gasteiger partial charge on any atom is 0.255 e. The number of thioether (sulfide) groups is 1. The Morgan fingerprint density at radius 1 is 1.05 bits per heavy atom. The van der Waals surface area contributed by atoms with E-state index in [9.17, 15) is 4.79 Å². The molecule has 9 heteroatoms. The first-order valence-corrected chi connectivity index (χ1v) is 14.3. The van der Waals surface area contributed by atoms with Crippen molar-refractivity contribution in [3.05, 3.63) is 101 Å². The second-order valence-electron chi connectivity index (χ2n) is 9.38. The van der Waals surface area contributed by atoms with Crippen LogP contribution in [0.5, 0.6) is 11.5 Å². The summed E-state index contributed by atoms with van der Waals surface area (Å²) in [6.07, 6.45) is 1.84. The van der Waals surface area contributed by atoms with Gasteiger partial charge in [0, 0.05) is 17.9 Å². The van der Waals surface area contributed by atoms with Crippen molar-refractivity contribution in [1.29, 1.82) is 0 Å². The minimum Gasteiger partial charge on any atom is -0.495 e. The maximum atomic E-state index is 13.8. The van der Waals surface area contributed by atoms with Crippen LogP contribution in [0.2, 0.25) is 0 Å². The molecular formula is C31H33N5O3S. The van der Waals surface area contributed by atoms with Gasteiger partial charge in [0.15, 0.2) is 0 Å². The largest absolute Gasteiger partial charge is 0.495 e. The number of para-hydroxylation sites is 2. The van der Waals surface area contributed by atoms with E-state index in [1.807, 2.05) is 73.7 Å². The van der Waals surface area contributed by atoms with E-state index >= 15 is 0 Å². The Morgan fingerprint density at radius 2 is 1.80 bits per heavy atom. The van der Waals surface area contributed by atoms with Gasteiger partial charge in [-0.25, -0.2) is 4.68 Å². The molecule has 8 nitrogen and oxygen atoms in total. The second kappa shape index (κ2) is 12.7. The zero-order valence-corrected chi connectivity index (χ0v) is 23.7. The van der Waals surface area contributed by atoms with Gasteiger partial charge in [-0.3, -0.25) is 4.79 Å². The van der Waals surface area contributed by atoms with Gasteiger partial charge in [-0.15, -0.1) is 5.10 Å². The number of allylic oxidation sites excluding steroid dienone is 1. The van der Waals surface area contributed by atoms with Crippen molar-refractivity contribution in [2.24, 2.45) is 0 Å². The maximum absolute atomic E-state index is 13.8. The van der Waals surface area contributed by atoms with E-state index in [-0.39, 0.29) is 5.91 Å². The molecule has 1 amide bonds. The molecule has 0 bridgehead atoms. The molecule has 1 aliphatic rings. The lowest BCUT2D eigenvalue weighted by Gasteiger charge is -2.29. The van der Waals surface area contributed by atoms with E-state index in [1.54, 1.807) is 23.6 Å². The zero-order valence-electron chi connectivity index (χ0n) is 22.9. The SMILES string of the molecule is CCCSc1nc2n(n1)C(c1ccc(OCCc3ccccc3)cc1)C(C(=O)Nc1ccccc1OC)=C(C)N2. The summed E-state index contributed by atoms with van der Waals surface area (Å²) < 4.78 is 13.3. The van der Waals surface area contributed by atoms with Crippen LogP contribution in [0.1, 0.15) is 37.4 Å². The summed E-state index contributed by atoms with van der Waals surface area (Å²) in [7, 11) is 1.58. The molecule has 0 saturated carbocycles. The van der Waals surface area contributed by atoms with Crippen molar-refractivity contribution >= 4 is 29.3 Å². The van der Waals surface area contributed by atoms with Crippen LogP contribution in [0.4, 0.5) is 11.6 Å². The average molecular weight is 556 g/mol. The molecule has 1 unspecified atom stereocenters. The van der Waals surface area contributed by atoms with Gasteiger partial charge < -0.3 is 20.1 Å². The smallest absolute Gasteiger partial charge is 0.255 e. The van der Waals surface area contributed by atoms with Gasteiger partial charge in [0.1, 0.15) is 17.5 Å². The van der Waals surface area contributed by atoms with Gasteiger partial charge in [-0.05, 0) is 48.7 Å². The molecule has 1 atom stereocenters. The fraction of sp³-hybridized carbons (Fsp3) is 0.258. The van der Waals surface area contributed by atoms with Crippen molar-refractivity contribution in [3.8, 4) is 11.5 Å². The van der Waals surface area contributed by atoms with Crippen molar-refractivity contribution in [2.45, 2.75) is 37.9 Å². The van der Waals surface area contributed by atoms with Crippen molar-refractivity contribution in [3.63, 3.8) is 0 Å². The molecule has 0 fully saturated rings. The lowest BCUT2D eigenvalue weighted by Crippen LogP contribution is -2.31. The normalized spacial score (nSPS) is 14.3. The van der Waals surface area contributed by atoms with E-state index in [0.29, 0.717) is 40.4 Å². The van der Waals surface area contributed by atoms with Crippen molar-refractivity contribution in [1.82, 2.24) is 14.8 Å². The van der Waals surface area contributed by atoms with Crippen LogP contribution >= 0.6 is 11.8 Å². The third kappa shape index (κ3) is 6.15. The highest BCUT2D eigenvalue weighted by molar-refractivity contribution is 7.99. The number of carbonyl (C=O) groups is 1. The van der Waals surface area contributed by atoms with Gasteiger partial charge in [0.2, 0.25) is 11.1 Å². The first kappa shape index (κ1) is 27.3. The second-order valence-corrected chi connectivity index (χ2v) is 10.4. The fourth-order valence-electron chi connectivity index (χ4n) is 4.60. The molecule has 0 spiro atoms. The summed E-state index contributed by atoms with van der Waals surface area (Å²) >= 11 is 1.60. The molecule has 0 radical (unpaired) electrons. The van der Waals surface area contributed by atoms with Gasteiger partial charge >= 0.3 is 0 Å². The number of benzene rings is 3. The molecule has 4 aromatic rings. The number of anilines is 2. The number of fused-ring (bicyclic) bond motifs is 1. The number of nitrogens with zero attached hydrogens (tertiary/aromatic N) is 3. The van der Waals surface area contributed by atoms with E-state index in [0.717, 1.165) is 29.9 Å². The predicted molar refractivity (Wildman–Crippen MR) is 159 cm³/mol. The molecule has 206 valence electrons. The van der Waals surface area contributed by atoms with Gasteiger partial charge in [-0.1, -0.05) is 73.3 Å². The third-order valence-corrected chi connectivity index (χ3v) is 7.61. The van der Waals surface area contributed by atoms with E-state index in [2.05, 4.69) is 29.7 Å². The number of hydrogen-bond donors (Lipinski definition) is 2. The molecule has 1 aromatic heterocycles. The summed E-state index contributed by atoms with van der Waals surface area (Å²) in [5.41, 5.74) is 4.00. The Kier molecular flexibility index (Phi) is 8.71. The highest BCUT2D eigenvalue weighted by atomic mass is 32.2. The van der Waals surface area contributed by atoms with Gasteiger partial charge in [0.05, 0.1) is 25.0 Å². The van der Waals surface area contributed by atoms with E-state index in [4.69, 9.17) is 19.6 Å². The lowest BCUT2D eigenvalue weighted by molar-refractivity contribution is -0.113. The number of nitrogens with one attached hydrogen (secondary N) is 2. The fourth-order valence-corrected chi connectivity index (χ4v) is 5.29. The Bertz CT molecular complexity index is 1480. The molecule has 0 aliphatic carbocycles. The van der Waals surface area contributed by atoms with Crippen molar-refractivity contribution in [2.75, 3.05) is 30.1 Å². The molecule has 5 rings (SSSR count). The van der Waals surface area contributed by atoms with Crippen LogP contribution in [0.25, 0.3) is 0 Å². The van der Waals surface area contributed by atoms with Crippen LogP contribution in [-0.2, 0) is 11.2 Å². The minimum atomic E-state index is -0.479.